The minimum atomic E-state index is 0. The van der Waals surface area contributed by atoms with Gasteiger partial charge in [-0.2, -0.15) is 0 Å². The second-order valence-electron chi connectivity index (χ2n) is 4.92. The van der Waals surface area contributed by atoms with Gasteiger partial charge in [-0.25, -0.2) is 0 Å². The van der Waals surface area contributed by atoms with E-state index in [-0.39, 0.29) is 1.43 Å². The van der Waals surface area contributed by atoms with Crippen molar-refractivity contribution in [3.8, 4) is 12.3 Å². The van der Waals surface area contributed by atoms with Crippen molar-refractivity contribution in [1.82, 2.24) is 0 Å². The molecule has 0 atom stereocenters. The molecule has 0 aliphatic rings. The molecule has 0 heterocycles. The summed E-state index contributed by atoms with van der Waals surface area (Å²) in [6, 6.07) is 18.7. The average molecular weight is 265 g/mol. The van der Waals surface area contributed by atoms with Crippen molar-refractivity contribution in [3.05, 3.63) is 65.7 Å². The van der Waals surface area contributed by atoms with Crippen LogP contribution in [0.3, 0.4) is 0 Å². The molecule has 0 radical (unpaired) electrons. The monoisotopic (exact) mass is 265 g/mol. The molecule has 20 heavy (non-hydrogen) atoms. The summed E-state index contributed by atoms with van der Waals surface area (Å²) in [6.07, 6.45) is 7.99. The largest absolute Gasteiger partial charge is 0.366 e. The fraction of sp³-hybridized carbons (Fsp3) is 0.263. The lowest BCUT2D eigenvalue weighted by Crippen LogP contribution is -2.24. The SMILES string of the molecule is C#Cc1ccccc1N(CCCC)Cc1ccccc1.[HH]. The fourth-order valence-electron chi connectivity index (χ4n) is 2.31. The van der Waals surface area contributed by atoms with Gasteiger partial charge in [0.25, 0.3) is 0 Å². The normalized spacial score (nSPS) is 10.0. The highest BCUT2D eigenvalue weighted by atomic mass is 15.1. The van der Waals surface area contributed by atoms with E-state index >= 15 is 0 Å². The van der Waals surface area contributed by atoms with E-state index in [9.17, 15) is 0 Å². The Morgan fingerprint density at radius 1 is 1.05 bits per heavy atom. The van der Waals surface area contributed by atoms with Gasteiger partial charge in [0.05, 0.1) is 5.69 Å². The number of para-hydroxylation sites is 1. The Morgan fingerprint density at radius 3 is 2.45 bits per heavy atom. The lowest BCUT2D eigenvalue weighted by atomic mass is 10.1. The molecule has 0 saturated carbocycles. The maximum Gasteiger partial charge on any atom is 0.0528 e. The van der Waals surface area contributed by atoms with Gasteiger partial charge in [-0.1, -0.05) is 61.7 Å². The number of hydrogen-bond acceptors (Lipinski definition) is 1. The smallest absolute Gasteiger partial charge is 0.0528 e. The van der Waals surface area contributed by atoms with Crippen LogP contribution in [0.4, 0.5) is 5.69 Å². The highest BCUT2D eigenvalue weighted by molar-refractivity contribution is 5.60. The van der Waals surface area contributed by atoms with Crippen LogP contribution in [0.1, 0.15) is 32.3 Å². The molecule has 0 saturated heterocycles. The van der Waals surface area contributed by atoms with Gasteiger partial charge < -0.3 is 4.90 Å². The molecule has 0 fully saturated rings. The Balaban J connectivity index is 0.00000220. The third kappa shape index (κ3) is 3.65. The lowest BCUT2D eigenvalue weighted by molar-refractivity contribution is 0.715. The number of unbranched alkanes of at least 4 members (excludes halogenated alkanes) is 1. The molecule has 0 aliphatic heterocycles. The molecule has 1 nitrogen and oxygen atoms in total. The predicted molar refractivity (Wildman–Crippen MR) is 88.9 cm³/mol. The van der Waals surface area contributed by atoms with Crippen LogP contribution < -0.4 is 4.90 Å². The van der Waals surface area contributed by atoms with Crippen molar-refractivity contribution in [2.75, 3.05) is 11.4 Å². The van der Waals surface area contributed by atoms with Crippen LogP contribution in [-0.2, 0) is 6.54 Å². The van der Waals surface area contributed by atoms with Gasteiger partial charge in [0, 0.05) is 20.1 Å². The Kier molecular flexibility index (Phi) is 5.26. The molecule has 2 aromatic carbocycles. The zero-order valence-electron chi connectivity index (χ0n) is 12.0. The quantitative estimate of drug-likeness (QED) is 0.683. The number of hydrogen-bond donors (Lipinski definition) is 0. The summed E-state index contributed by atoms with van der Waals surface area (Å²) in [5.41, 5.74) is 3.45. The van der Waals surface area contributed by atoms with Crippen LogP contribution in [0.2, 0.25) is 0 Å². The van der Waals surface area contributed by atoms with Gasteiger partial charge in [0.1, 0.15) is 0 Å². The molecule has 0 aliphatic carbocycles. The molecule has 0 amide bonds. The predicted octanol–water partition coefficient (Wildman–Crippen LogP) is 4.72. The number of terminal acetylenes is 1. The number of nitrogens with zero attached hydrogens (tertiary/aromatic N) is 1. The fourth-order valence-corrected chi connectivity index (χ4v) is 2.31. The molecular weight excluding hydrogens is 242 g/mol. The molecule has 0 aromatic heterocycles. The van der Waals surface area contributed by atoms with Crippen molar-refractivity contribution >= 4 is 5.69 Å². The van der Waals surface area contributed by atoms with Gasteiger partial charge in [-0.3, -0.25) is 0 Å². The van der Waals surface area contributed by atoms with Gasteiger partial charge in [-0.05, 0) is 24.1 Å². The second-order valence-corrected chi connectivity index (χ2v) is 4.92. The highest BCUT2D eigenvalue weighted by Crippen LogP contribution is 2.22. The minimum absolute atomic E-state index is 0. The second kappa shape index (κ2) is 7.40. The first kappa shape index (κ1) is 14.2. The maximum absolute atomic E-state index is 5.63. The number of rotatable bonds is 6. The van der Waals surface area contributed by atoms with Crippen molar-refractivity contribution in [2.24, 2.45) is 0 Å². The van der Waals surface area contributed by atoms with Crippen LogP contribution in [0, 0.1) is 12.3 Å². The topological polar surface area (TPSA) is 3.24 Å². The molecule has 0 unspecified atom stereocenters. The third-order valence-corrected chi connectivity index (χ3v) is 3.40. The van der Waals surface area contributed by atoms with E-state index in [1.54, 1.807) is 0 Å². The standard InChI is InChI=1S/C19H21N.H2/c1-3-5-15-20(16-17-11-7-6-8-12-17)19-14-10-9-13-18(19)4-2;/h2,6-14H,3,5,15-16H2,1H3;1H. The van der Waals surface area contributed by atoms with Crippen LogP contribution in [0.5, 0.6) is 0 Å². The van der Waals surface area contributed by atoms with E-state index in [4.69, 9.17) is 6.42 Å². The molecule has 0 bridgehead atoms. The Labute approximate surface area is 123 Å². The lowest BCUT2D eigenvalue weighted by Gasteiger charge is -2.26. The van der Waals surface area contributed by atoms with E-state index in [0.717, 1.165) is 24.3 Å². The van der Waals surface area contributed by atoms with E-state index in [1.165, 1.54) is 18.4 Å². The molecule has 2 rings (SSSR count). The molecule has 1 heteroatoms. The number of anilines is 1. The summed E-state index contributed by atoms with van der Waals surface area (Å²) >= 11 is 0. The van der Waals surface area contributed by atoms with Crippen LogP contribution in [0.15, 0.2) is 54.6 Å². The molecule has 0 N–H and O–H groups in total. The van der Waals surface area contributed by atoms with Gasteiger partial charge >= 0.3 is 0 Å². The first-order valence-electron chi connectivity index (χ1n) is 7.19. The van der Waals surface area contributed by atoms with Gasteiger partial charge in [0.15, 0.2) is 0 Å². The Bertz CT molecular complexity index is 572. The highest BCUT2D eigenvalue weighted by Gasteiger charge is 2.10. The zero-order valence-corrected chi connectivity index (χ0v) is 12.0. The molecule has 104 valence electrons. The van der Waals surface area contributed by atoms with Crippen LogP contribution >= 0.6 is 0 Å². The van der Waals surface area contributed by atoms with E-state index < -0.39 is 0 Å². The molecular formula is C19H23N. The first-order valence-corrected chi connectivity index (χ1v) is 7.19. The summed E-state index contributed by atoms with van der Waals surface area (Å²) in [5.74, 6) is 2.80. The molecule has 2 aromatic rings. The molecule has 0 spiro atoms. The zero-order chi connectivity index (χ0) is 14.2. The summed E-state index contributed by atoms with van der Waals surface area (Å²) < 4.78 is 0. The van der Waals surface area contributed by atoms with E-state index in [0.29, 0.717) is 0 Å². The number of benzene rings is 2. The summed E-state index contributed by atoms with van der Waals surface area (Å²) in [5, 5.41) is 0. The van der Waals surface area contributed by atoms with Crippen LogP contribution in [-0.4, -0.2) is 6.54 Å². The Morgan fingerprint density at radius 2 is 1.75 bits per heavy atom. The average Bonchev–Trinajstić information content (AvgIpc) is 2.52. The summed E-state index contributed by atoms with van der Waals surface area (Å²) in [7, 11) is 0. The summed E-state index contributed by atoms with van der Waals surface area (Å²) in [4.78, 5) is 2.38. The van der Waals surface area contributed by atoms with Crippen molar-refractivity contribution < 1.29 is 1.43 Å². The van der Waals surface area contributed by atoms with Crippen molar-refractivity contribution in [3.63, 3.8) is 0 Å². The Hall–Kier alpha value is -2.20. The summed E-state index contributed by atoms with van der Waals surface area (Å²) in [6.45, 7) is 4.15. The maximum atomic E-state index is 5.63. The van der Waals surface area contributed by atoms with Crippen molar-refractivity contribution in [1.29, 1.82) is 0 Å². The third-order valence-electron chi connectivity index (χ3n) is 3.40. The first-order chi connectivity index (χ1) is 9.85. The van der Waals surface area contributed by atoms with Gasteiger partial charge in [-0.15, -0.1) is 6.42 Å². The van der Waals surface area contributed by atoms with Crippen molar-refractivity contribution in [2.45, 2.75) is 26.3 Å². The minimum Gasteiger partial charge on any atom is -0.366 e. The van der Waals surface area contributed by atoms with Gasteiger partial charge in [0.2, 0.25) is 0 Å². The van der Waals surface area contributed by atoms with Crippen LogP contribution in [0.25, 0.3) is 0 Å². The van der Waals surface area contributed by atoms with E-state index in [2.05, 4.69) is 60.2 Å². The van der Waals surface area contributed by atoms with E-state index in [1.807, 2.05) is 12.1 Å².